The minimum atomic E-state index is -5.02. The molecule has 1 heterocycles. The van der Waals surface area contributed by atoms with Crippen LogP contribution in [-0.4, -0.2) is 0 Å². The molecule has 3 aliphatic rings. The van der Waals surface area contributed by atoms with Crippen LogP contribution in [0.1, 0.15) is 65.7 Å². The van der Waals surface area contributed by atoms with Crippen molar-refractivity contribution in [2.75, 3.05) is 0 Å². The van der Waals surface area contributed by atoms with Crippen molar-refractivity contribution in [3.8, 4) is 22.3 Å². The maximum atomic E-state index is 13.8. The van der Waals surface area contributed by atoms with E-state index in [1.54, 1.807) is 12.1 Å². The molecule has 0 radical (unpaired) electrons. The average Bonchev–Trinajstić information content (AvgIpc) is 3.60. The molecular formula is C38H26F12Hf. The van der Waals surface area contributed by atoms with Gasteiger partial charge in [0.1, 0.15) is 0 Å². The topological polar surface area (TPSA) is 0 Å². The van der Waals surface area contributed by atoms with E-state index in [1.165, 1.54) is 12.1 Å². The molecule has 0 aromatic heterocycles. The monoisotopic (exact) mass is 890 g/mol. The molecule has 2 atom stereocenters. The van der Waals surface area contributed by atoms with Crippen LogP contribution < -0.4 is 0 Å². The zero-order chi connectivity index (χ0) is 37.1. The molecule has 1 aliphatic heterocycles. The van der Waals surface area contributed by atoms with Crippen molar-refractivity contribution in [3.05, 3.63) is 128 Å². The Labute approximate surface area is 288 Å². The summed E-state index contributed by atoms with van der Waals surface area (Å²) in [5.74, 6) is 0. The van der Waals surface area contributed by atoms with Crippen LogP contribution >= 0.6 is 0 Å². The Morgan fingerprint density at radius 3 is 1.06 bits per heavy atom. The van der Waals surface area contributed by atoms with Gasteiger partial charge in [0.15, 0.2) is 0 Å². The zero-order valence-electron chi connectivity index (χ0n) is 26.7. The van der Waals surface area contributed by atoms with Gasteiger partial charge in [0.05, 0.1) is 0 Å². The average molecular weight is 889 g/mol. The normalized spacial score (nSPS) is 19.8. The van der Waals surface area contributed by atoms with Crippen LogP contribution in [0.25, 0.3) is 34.4 Å². The molecule has 2 unspecified atom stereocenters. The molecule has 266 valence electrons. The summed E-state index contributed by atoms with van der Waals surface area (Å²) in [6, 6.07) is 13.0. The third-order valence-corrected chi connectivity index (χ3v) is 30.0. The standard InChI is InChI=1S/2C18H11F6.C2H4.Hf/c2*1-10-5-11-3-2-4-15(16(11)6-10)12-7-13(17(19,20)21)9-14(8-12)18(22,23)24;1-2;/h2*2-9H,1H3;1-2H2;. The molecule has 0 N–H and O–H groups in total. The van der Waals surface area contributed by atoms with Gasteiger partial charge in [-0.2, -0.15) is 0 Å². The van der Waals surface area contributed by atoms with Crippen molar-refractivity contribution in [3.63, 3.8) is 0 Å². The number of allylic oxidation sites excluding steroid dienone is 2. The second-order valence-corrected chi connectivity index (χ2v) is 30.2. The van der Waals surface area contributed by atoms with E-state index in [0.717, 1.165) is 54.9 Å². The maximum absolute atomic E-state index is 13.8. The van der Waals surface area contributed by atoms with Crippen LogP contribution in [0.3, 0.4) is 0 Å². The van der Waals surface area contributed by atoms with Gasteiger partial charge in [-0.1, -0.05) is 0 Å². The van der Waals surface area contributed by atoms with Gasteiger partial charge >= 0.3 is 290 Å². The number of halogens is 12. The van der Waals surface area contributed by atoms with Crippen LogP contribution in [0.4, 0.5) is 52.7 Å². The quantitative estimate of drug-likeness (QED) is 0.141. The Bertz CT molecular complexity index is 1930. The number of benzene rings is 4. The summed E-state index contributed by atoms with van der Waals surface area (Å²) < 4.78 is 167. The van der Waals surface area contributed by atoms with Crippen molar-refractivity contribution in [2.45, 2.75) is 54.3 Å². The molecule has 0 spiro atoms. The minimum absolute atomic E-state index is 0.0892. The first-order valence-electron chi connectivity index (χ1n) is 15.8. The molecule has 13 heteroatoms. The summed E-state index contributed by atoms with van der Waals surface area (Å²) in [6.45, 7) is 3.79. The van der Waals surface area contributed by atoms with Crippen molar-refractivity contribution in [1.29, 1.82) is 0 Å². The molecule has 2 aliphatic carbocycles. The van der Waals surface area contributed by atoms with Gasteiger partial charge in [-0.05, 0) is 0 Å². The van der Waals surface area contributed by atoms with Gasteiger partial charge in [-0.3, -0.25) is 0 Å². The third-order valence-electron chi connectivity index (χ3n) is 10.3. The molecule has 4 aromatic carbocycles. The van der Waals surface area contributed by atoms with Crippen LogP contribution in [0.2, 0.25) is 8.35 Å². The van der Waals surface area contributed by atoms with E-state index in [1.807, 2.05) is 38.1 Å². The summed E-state index contributed by atoms with van der Waals surface area (Å²) in [7, 11) is 0. The summed E-state index contributed by atoms with van der Waals surface area (Å²) in [4.78, 5) is 0. The fraction of sp³-hybridized carbons (Fsp3) is 0.263. The first-order valence-corrected chi connectivity index (χ1v) is 25.0. The first kappa shape index (κ1) is 35.8. The van der Waals surface area contributed by atoms with Gasteiger partial charge in [-0.25, -0.2) is 0 Å². The Morgan fingerprint density at radius 1 is 0.471 bits per heavy atom. The number of alkyl halides is 12. The van der Waals surface area contributed by atoms with E-state index in [4.69, 9.17) is 0 Å². The third kappa shape index (κ3) is 6.20. The van der Waals surface area contributed by atoms with E-state index in [0.29, 0.717) is 11.1 Å². The zero-order valence-corrected chi connectivity index (χ0v) is 30.3. The van der Waals surface area contributed by atoms with E-state index >= 15 is 0 Å². The molecule has 1 fully saturated rings. The predicted octanol–water partition coefficient (Wildman–Crippen LogP) is 13.7. The van der Waals surface area contributed by atoms with Crippen LogP contribution in [-0.2, 0) is 44.7 Å². The number of rotatable bonds is 4. The fourth-order valence-corrected chi connectivity index (χ4v) is 36.5. The Hall–Kier alpha value is -3.61. The molecule has 7 rings (SSSR count). The van der Waals surface area contributed by atoms with Crippen molar-refractivity contribution in [1.82, 2.24) is 0 Å². The molecule has 0 saturated carbocycles. The van der Waals surface area contributed by atoms with Gasteiger partial charge < -0.3 is 0 Å². The summed E-state index contributed by atoms with van der Waals surface area (Å²) in [6.07, 6.45) is -16.4. The van der Waals surface area contributed by atoms with Crippen LogP contribution in [0.15, 0.2) is 83.9 Å². The van der Waals surface area contributed by atoms with Gasteiger partial charge in [0.2, 0.25) is 0 Å². The van der Waals surface area contributed by atoms with E-state index in [2.05, 4.69) is 0 Å². The molecule has 0 bridgehead atoms. The van der Waals surface area contributed by atoms with E-state index < -0.39 is 66.9 Å². The van der Waals surface area contributed by atoms with Gasteiger partial charge in [0.25, 0.3) is 0 Å². The molecule has 0 nitrogen and oxygen atoms in total. The Balaban J connectivity index is 1.33. The van der Waals surface area contributed by atoms with E-state index in [9.17, 15) is 52.7 Å². The number of hydrogen-bond donors (Lipinski definition) is 0. The molecule has 1 saturated heterocycles. The second kappa shape index (κ2) is 11.7. The van der Waals surface area contributed by atoms with Crippen LogP contribution in [0, 0.1) is 0 Å². The summed E-state index contributed by atoms with van der Waals surface area (Å²) >= 11 is -3.67. The van der Waals surface area contributed by atoms with Gasteiger partial charge in [-0.15, -0.1) is 0 Å². The van der Waals surface area contributed by atoms with Crippen molar-refractivity contribution in [2.24, 2.45) is 0 Å². The Kier molecular flexibility index (Phi) is 8.21. The molecule has 4 aromatic rings. The Morgan fingerprint density at radius 2 is 0.784 bits per heavy atom. The number of hydrogen-bond acceptors (Lipinski definition) is 0. The molecule has 51 heavy (non-hydrogen) atoms. The van der Waals surface area contributed by atoms with E-state index in [-0.39, 0.29) is 41.7 Å². The molecular weight excluding hydrogens is 863 g/mol. The first-order chi connectivity index (χ1) is 23.6. The SMILES string of the molecule is CC1=Cc2c(-c3cc(C(F)(F)F)cc(C(F)(F)F)c3)cccc2[CH]1[Hf]1([CH]2C(C)=Cc3c(-c4cc(C(F)(F)F)cc(C(F)(F)F)c4)cccc32)[CH2][CH2]1. The van der Waals surface area contributed by atoms with Crippen molar-refractivity contribution < 1.29 is 72.7 Å². The fourth-order valence-electron chi connectivity index (χ4n) is 8.24. The van der Waals surface area contributed by atoms with Crippen LogP contribution in [0.5, 0.6) is 0 Å². The summed E-state index contributed by atoms with van der Waals surface area (Å²) in [5.41, 5.74) is -1.01. The van der Waals surface area contributed by atoms with Crippen molar-refractivity contribution >= 4 is 12.2 Å². The molecule has 0 amide bonds. The number of fused-ring (bicyclic) bond motifs is 2. The predicted molar refractivity (Wildman–Crippen MR) is 166 cm³/mol. The second-order valence-electron chi connectivity index (χ2n) is 13.6. The summed E-state index contributed by atoms with van der Waals surface area (Å²) in [5, 5.41) is 0. The van der Waals surface area contributed by atoms with Gasteiger partial charge in [0, 0.05) is 0 Å².